The molecule has 0 radical (unpaired) electrons. The highest BCUT2D eigenvalue weighted by molar-refractivity contribution is 7.90. The molecule has 5 rings (SSSR count). The van der Waals surface area contributed by atoms with Gasteiger partial charge in [0.15, 0.2) is 9.84 Å². The van der Waals surface area contributed by atoms with Crippen LogP contribution in [0.5, 0.6) is 11.5 Å². The molecular weight excluding hydrogens is 530 g/mol. The smallest absolute Gasteiger partial charge is 0.337 e. The summed E-state index contributed by atoms with van der Waals surface area (Å²) in [4.78, 5) is 29.4. The summed E-state index contributed by atoms with van der Waals surface area (Å²) in [6, 6.07) is 6.53. The molecule has 0 spiro atoms. The molecule has 2 aromatic rings. The maximum atomic E-state index is 13.5. The van der Waals surface area contributed by atoms with E-state index in [-0.39, 0.29) is 45.2 Å². The van der Waals surface area contributed by atoms with Gasteiger partial charge in [0, 0.05) is 30.4 Å². The quantitative estimate of drug-likeness (QED) is 0.487. The van der Waals surface area contributed by atoms with Crippen molar-refractivity contribution in [2.75, 3.05) is 44.7 Å². The number of rotatable bonds is 8. The van der Waals surface area contributed by atoms with Crippen LogP contribution in [-0.2, 0) is 25.1 Å². The molecule has 3 aliphatic rings. The summed E-state index contributed by atoms with van der Waals surface area (Å²) >= 11 is 6.69. The van der Waals surface area contributed by atoms with Gasteiger partial charge in [-0.25, -0.2) is 13.2 Å². The number of likely N-dealkylation sites (tertiary alicyclic amines) is 1. The first-order valence-electron chi connectivity index (χ1n) is 12.9. The topological polar surface area (TPSA) is 105 Å². The number of ether oxygens (including phenoxy) is 2. The van der Waals surface area contributed by atoms with Gasteiger partial charge < -0.3 is 24.6 Å². The number of nitrogens with zero attached hydrogens (tertiary/aromatic N) is 2. The number of hydrogen-bond acceptors (Lipinski definition) is 8. The lowest BCUT2D eigenvalue weighted by Crippen LogP contribution is -2.43. The Balaban J connectivity index is 1.50. The predicted molar refractivity (Wildman–Crippen MR) is 144 cm³/mol. The molecule has 0 bridgehead atoms. The molecule has 2 aliphatic heterocycles. The summed E-state index contributed by atoms with van der Waals surface area (Å²) in [6.45, 7) is 5.07. The summed E-state index contributed by atoms with van der Waals surface area (Å²) in [5.41, 5.74) is 1.48. The number of carbonyl (C=O) groups excluding carboxylic acids is 2. The molecule has 11 heteroatoms. The van der Waals surface area contributed by atoms with Gasteiger partial charge in [0.05, 0.1) is 30.0 Å². The average Bonchev–Trinajstić information content (AvgIpc) is 3.59. The molecule has 1 saturated heterocycles. The van der Waals surface area contributed by atoms with Gasteiger partial charge in [-0.3, -0.25) is 4.79 Å². The number of halogens is 1. The number of hydrogen-bond donors (Lipinski definition) is 1. The number of fused-ring (bicyclic) bond motifs is 2. The highest BCUT2D eigenvalue weighted by Gasteiger charge is 2.32. The van der Waals surface area contributed by atoms with Crippen molar-refractivity contribution in [3.8, 4) is 11.5 Å². The van der Waals surface area contributed by atoms with Gasteiger partial charge in [-0.05, 0) is 75.5 Å². The van der Waals surface area contributed by atoms with Gasteiger partial charge in [0.25, 0.3) is 0 Å². The lowest BCUT2D eigenvalue weighted by molar-refractivity contribution is -0.117. The van der Waals surface area contributed by atoms with Crippen LogP contribution in [0, 0.1) is 6.92 Å². The summed E-state index contributed by atoms with van der Waals surface area (Å²) in [6.07, 6.45) is 4.43. The molecule has 1 aliphatic carbocycles. The third-order valence-electron chi connectivity index (χ3n) is 7.22. The largest absolute Gasteiger partial charge is 0.465 e. The minimum Gasteiger partial charge on any atom is -0.465 e. The summed E-state index contributed by atoms with van der Waals surface area (Å²) in [7, 11) is -2.67. The highest BCUT2D eigenvalue weighted by Crippen LogP contribution is 2.45. The van der Waals surface area contributed by atoms with E-state index < -0.39 is 15.8 Å². The van der Waals surface area contributed by atoms with E-state index in [1.165, 1.54) is 19.2 Å². The minimum absolute atomic E-state index is 0.0913. The van der Waals surface area contributed by atoms with E-state index in [2.05, 4.69) is 10.2 Å². The van der Waals surface area contributed by atoms with Gasteiger partial charge in [0.2, 0.25) is 5.91 Å². The van der Waals surface area contributed by atoms with Crippen LogP contribution in [0.25, 0.3) is 0 Å². The molecule has 1 N–H and O–H groups in total. The number of benzene rings is 2. The molecule has 204 valence electrons. The Morgan fingerprint density at radius 3 is 2.58 bits per heavy atom. The van der Waals surface area contributed by atoms with E-state index in [4.69, 9.17) is 21.1 Å². The zero-order valence-corrected chi connectivity index (χ0v) is 23.2. The second kappa shape index (κ2) is 10.8. The zero-order valence-electron chi connectivity index (χ0n) is 21.6. The van der Waals surface area contributed by atoms with E-state index in [1.54, 1.807) is 24.0 Å². The number of carbonyl (C=O) groups is 2. The fourth-order valence-corrected chi connectivity index (χ4v) is 6.84. The first kappa shape index (κ1) is 26.9. The standard InChI is InChI=1S/C27H32ClN3O6S/c1-17-11-18(27(33)36-2)13-23-25(17)37-26-19(16-38(23,34)35)12-21(14-22(26)28)31(10-9-30-7-3-4-8-30)24(32)15-29-20-5-6-20/h11-14,20,29H,3-10,15-16H2,1-2H3. The SMILES string of the molecule is COC(=O)c1cc(C)c2c(c1)S(=O)(=O)Cc1cc(N(CCN3CCCC3)C(=O)CNC3CC3)cc(Cl)c1O2. The van der Waals surface area contributed by atoms with E-state index >= 15 is 0 Å². The van der Waals surface area contributed by atoms with Crippen LogP contribution in [0.3, 0.4) is 0 Å². The maximum absolute atomic E-state index is 13.5. The Kier molecular flexibility index (Phi) is 7.68. The molecule has 2 heterocycles. The van der Waals surface area contributed by atoms with Gasteiger partial charge >= 0.3 is 5.97 Å². The second-order valence-electron chi connectivity index (χ2n) is 10.1. The third kappa shape index (κ3) is 5.68. The molecule has 9 nitrogen and oxygen atoms in total. The summed E-state index contributed by atoms with van der Waals surface area (Å²) < 4.78 is 37.9. The van der Waals surface area contributed by atoms with Crippen LogP contribution in [0.4, 0.5) is 5.69 Å². The highest BCUT2D eigenvalue weighted by atomic mass is 35.5. The maximum Gasteiger partial charge on any atom is 0.337 e. The summed E-state index contributed by atoms with van der Waals surface area (Å²) in [5.74, 6) is -0.760. The zero-order chi connectivity index (χ0) is 27.0. The van der Waals surface area contributed by atoms with Crippen LogP contribution >= 0.6 is 11.6 Å². The van der Waals surface area contributed by atoms with Crippen molar-refractivity contribution in [1.82, 2.24) is 10.2 Å². The van der Waals surface area contributed by atoms with Crippen molar-refractivity contribution in [1.29, 1.82) is 0 Å². The van der Waals surface area contributed by atoms with E-state index in [9.17, 15) is 18.0 Å². The van der Waals surface area contributed by atoms with Crippen LogP contribution in [0.15, 0.2) is 29.2 Å². The van der Waals surface area contributed by atoms with Crippen molar-refractivity contribution in [3.05, 3.63) is 46.0 Å². The number of anilines is 1. The van der Waals surface area contributed by atoms with E-state index in [1.807, 2.05) is 0 Å². The number of sulfone groups is 1. The van der Waals surface area contributed by atoms with Gasteiger partial charge in [0.1, 0.15) is 16.4 Å². The molecule has 1 amide bonds. The molecule has 2 aromatic carbocycles. The second-order valence-corrected chi connectivity index (χ2v) is 12.5. The van der Waals surface area contributed by atoms with Crippen LogP contribution < -0.4 is 15.0 Å². The predicted octanol–water partition coefficient (Wildman–Crippen LogP) is 3.70. The number of esters is 1. The van der Waals surface area contributed by atoms with Crippen LogP contribution in [0.2, 0.25) is 5.02 Å². The lowest BCUT2D eigenvalue weighted by atomic mass is 10.1. The number of amides is 1. The molecule has 1 saturated carbocycles. The first-order valence-corrected chi connectivity index (χ1v) is 14.9. The van der Waals surface area contributed by atoms with E-state index in [0.717, 1.165) is 45.3 Å². The number of methoxy groups -OCH3 is 1. The molecule has 38 heavy (non-hydrogen) atoms. The summed E-state index contributed by atoms with van der Waals surface area (Å²) in [5, 5.41) is 3.49. The minimum atomic E-state index is -3.91. The first-order chi connectivity index (χ1) is 18.2. The lowest BCUT2D eigenvalue weighted by Gasteiger charge is -2.27. The van der Waals surface area contributed by atoms with Gasteiger partial charge in [-0.2, -0.15) is 0 Å². The Bertz CT molecular complexity index is 1370. The Morgan fingerprint density at radius 2 is 1.89 bits per heavy atom. The molecular formula is C27H32ClN3O6S. The molecule has 2 fully saturated rings. The molecule has 0 unspecified atom stereocenters. The van der Waals surface area contributed by atoms with Crippen molar-refractivity contribution in [3.63, 3.8) is 0 Å². The van der Waals surface area contributed by atoms with Crippen LogP contribution in [0.1, 0.15) is 47.2 Å². The Labute approximate surface area is 227 Å². The van der Waals surface area contributed by atoms with Gasteiger partial charge in [-0.1, -0.05) is 11.6 Å². The fraction of sp³-hybridized carbons (Fsp3) is 0.481. The Hall–Kier alpha value is -2.66. The normalized spacial score (nSPS) is 18.2. The molecule has 0 aromatic heterocycles. The van der Waals surface area contributed by atoms with Gasteiger partial charge in [-0.15, -0.1) is 0 Å². The van der Waals surface area contributed by atoms with Crippen molar-refractivity contribution < 1.29 is 27.5 Å². The van der Waals surface area contributed by atoms with E-state index in [0.29, 0.717) is 29.4 Å². The molecule has 0 atom stereocenters. The fourth-order valence-electron chi connectivity index (χ4n) is 5.00. The third-order valence-corrected chi connectivity index (χ3v) is 9.17. The average molecular weight is 562 g/mol. The monoisotopic (exact) mass is 561 g/mol. The van der Waals surface area contributed by atoms with Crippen molar-refractivity contribution in [2.45, 2.75) is 49.3 Å². The Morgan fingerprint density at radius 1 is 1.16 bits per heavy atom. The number of nitrogens with one attached hydrogen (secondary N) is 1. The van der Waals surface area contributed by atoms with Crippen LogP contribution in [-0.4, -0.2) is 71.1 Å². The van der Waals surface area contributed by atoms with Crippen molar-refractivity contribution >= 4 is 39.0 Å². The van der Waals surface area contributed by atoms with Crippen molar-refractivity contribution in [2.24, 2.45) is 0 Å². The number of aryl methyl sites for hydroxylation is 1.